The average Bonchev–Trinajstić information content (AvgIpc) is 2.86. The molecule has 3 aromatic carbocycles. The normalized spacial score (nSPS) is 11.2. The number of hydrogen-bond acceptors (Lipinski definition) is 5. The van der Waals surface area contributed by atoms with Crippen molar-refractivity contribution in [3.63, 3.8) is 0 Å². The number of amides is 1. The summed E-state index contributed by atoms with van der Waals surface area (Å²) in [4.78, 5) is 12.9. The summed E-state index contributed by atoms with van der Waals surface area (Å²) in [5.74, 6) is 0.948. The quantitative estimate of drug-likeness (QED) is 0.375. The summed E-state index contributed by atoms with van der Waals surface area (Å²) in [6, 6.07) is 22.6. The van der Waals surface area contributed by atoms with Crippen LogP contribution >= 0.6 is 0 Å². The van der Waals surface area contributed by atoms with E-state index >= 15 is 0 Å². The van der Waals surface area contributed by atoms with Gasteiger partial charge in [0.2, 0.25) is 5.91 Å². The fourth-order valence-electron chi connectivity index (χ4n) is 3.51. The van der Waals surface area contributed by atoms with Gasteiger partial charge in [-0.2, -0.15) is 0 Å². The van der Waals surface area contributed by atoms with Gasteiger partial charge in [-0.15, -0.1) is 0 Å². The third-order valence-corrected chi connectivity index (χ3v) is 7.01. The van der Waals surface area contributed by atoms with Crippen molar-refractivity contribution < 1.29 is 22.7 Å². The molecule has 0 atom stereocenters. The van der Waals surface area contributed by atoms with Gasteiger partial charge in [0.1, 0.15) is 18.0 Å². The van der Waals surface area contributed by atoms with E-state index in [9.17, 15) is 13.2 Å². The van der Waals surface area contributed by atoms with Crippen molar-refractivity contribution in [3.8, 4) is 11.5 Å². The van der Waals surface area contributed by atoms with Crippen LogP contribution in [-0.4, -0.2) is 40.6 Å². The highest BCUT2D eigenvalue weighted by Gasteiger charge is 2.27. The topological polar surface area (TPSA) is 84.9 Å². The second kappa shape index (κ2) is 12.3. The molecule has 0 bridgehead atoms. The summed E-state index contributed by atoms with van der Waals surface area (Å²) in [6.45, 7) is 4.06. The standard InChI is InChI=1S/C27H32N2O5S/c1-21(2)34-24-16-14-22(15-17-24)9-8-18-28-27(30)20-29(23-10-7-11-25(19-23)33-3)35(31,32)26-12-5-4-6-13-26/h4-7,10-17,19,21H,8-9,18,20H2,1-3H3,(H,28,30). The molecule has 0 aliphatic heterocycles. The van der Waals surface area contributed by atoms with E-state index in [1.807, 2.05) is 38.1 Å². The van der Waals surface area contributed by atoms with Crippen LogP contribution in [0.3, 0.4) is 0 Å². The molecule has 35 heavy (non-hydrogen) atoms. The van der Waals surface area contributed by atoms with Gasteiger partial charge < -0.3 is 14.8 Å². The largest absolute Gasteiger partial charge is 0.497 e. The Bertz CT molecular complexity index is 1200. The van der Waals surface area contributed by atoms with Crippen molar-refractivity contribution in [2.75, 3.05) is 24.5 Å². The van der Waals surface area contributed by atoms with Gasteiger partial charge in [0.25, 0.3) is 10.0 Å². The maximum atomic E-state index is 13.4. The molecule has 0 spiro atoms. The molecule has 0 aliphatic carbocycles. The molecule has 0 saturated carbocycles. The molecule has 1 N–H and O–H groups in total. The van der Waals surface area contributed by atoms with Crippen molar-refractivity contribution in [2.24, 2.45) is 0 Å². The number of nitrogens with one attached hydrogen (secondary N) is 1. The lowest BCUT2D eigenvalue weighted by atomic mass is 10.1. The smallest absolute Gasteiger partial charge is 0.264 e. The molecule has 3 rings (SSSR count). The molecule has 0 unspecified atom stereocenters. The Morgan fingerprint density at radius 1 is 0.943 bits per heavy atom. The number of ether oxygens (including phenoxy) is 2. The summed E-state index contributed by atoms with van der Waals surface area (Å²) in [7, 11) is -2.45. The molecular formula is C27H32N2O5S. The van der Waals surface area contributed by atoms with Gasteiger partial charge in [-0.25, -0.2) is 8.42 Å². The third-order valence-electron chi connectivity index (χ3n) is 5.22. The number of sulfonamides is 1. The van der Waals surface area contributed by atoms with E-state index in [1.54, 1.807) is 42.5 Å². The van der Waals surface area contributed by atoms with Crippen LogP contribution in [0.2, 0.25) is 0 Å². The van der Waals surface area contributed by atoms with Crippen LogP contribution < -0.4 is 19.1 Å². The summed E-state index contributed by atoms with van der Waals surface area (Å²) >= 11 is 0. The minimum atomic E-state index is -3.96. The molecule has 8 heteroatoms. The zero-order valence-corrected chi connectivity index (χ0v) is 21.1. The van der Waals surface area contributed by atoms with Crippen LogP contribution in [0, 0.1) is 0 Å². The summed E-state index contributed by atoms with van der Waals surface area (Å²) < 4.78 is 38.8. The number of benzene rings is 3. The number of anilines is 1. The van der Waals surface area contributed by atoms with Crippen molar-refractivity contribution in [1.82, 2.24) is 5.32 Å². The number of methoxy groups -OCH3 is 1. The molecule has 0 radical (unpaired) electrons. The zero-order chi connectivity index (χ0) is 25.3. The monoisotopic (exact) mass is 496 g/mol. The minimum Gasteiger partial charge on any atom is -0.497 e. The number of hydrogen-bond donors (Lipinski definition) is 1. The van der Waals surface area contributed by atoms with E-state index in [2.05, 4.69) is 5.32 Å². The Balaban J connectivity index is 1.63. The van der Waals surface area contributed by atoms with Gasteiger partial charge in [0, 0.05) is 12.6 Å². The van der Waals surface area contributed by atoms with E-state index in [-0.39, 0.29) is 23.5 Å². The first kappa shape index (κ1) is 26.1. The van der Waals surface area contributed by atoms with Crippen LogP contribution in [0.5, 0.6) is 11.5 Å². The summed E-state index contributed by atoms with van der Waals surface area (Å²) in [5.41, 5.74) is 1.49. The fourth-order valence-corrected chi connectivity index (χ4v) is 4.95. The van der Waals surface area contributed by atoms with E-state index in [0.717, 1.165) is 28.5 Å². The van der Waals surface area contributed by atoms with Crippen LogP contribution in [0.4, 0.5) is 5.69 Å². The number of carbonyl (C=O) groups is 1. The van der Waals surface area contributed by atoms with Crippen molar-refractivity contribution in [3.05, 3.63) is 84.4 Å². The molecule has 0 saturated heterocycles. The Kier molecular flexibility index (Phi) is 9.14. The minimum absolute atomic E-state index is 0.112. The van der Waals surface area contributed by atoms with Gasteiger partial charge in [0.05, 0.1) is 23.8 Å². The molecule has 1 amide bonds. The van der Waals surface area contributed by atoms with Gasteiger partial charge >= 0.3 is 0 Å². The molecule has 186 valence electrons. The van der Waals surface area contributed by atoms with Crippen molar-refractivity contribution >= 4 is 21.6 Å². The molecule has 3 aromatic rings. The highest BCUT2D eigenvalue weighted by atomic mass is 32.2. The number of rotatable bonds is 12. The van der Waals surface area contributed by atoms with Crippen molar-refractivity contribution in [2.45, 2.75) is 37.7 Å². The molecule has 0 aromatic heterocycles. The van der Waals surface area contributed by atoms with Gasteiger partial charge in [-0.05, 0) is 68.7 Å². The SMILES string of the molecule is COc1cccc(N(CC(=O)NCCCc2ccc(OC(C)C)cc2)S(=O)(=O)c2ccccc2)c1. The van der Waals surface area contributed by atoms with Crippen LogP contribution in [0.1, 0.15) is 25.8 Å². The number of carbonyl (C=O) groups excluding carboxylic acids is 1. The summed E-state index contributed by atoms with van der Waals surface area (Å²) in [5, 5.41) is 2.84. The lowest BCUT2D eigenvalue weighted by molar-refractivity contribution is -0.119. The Hall–Kier alpha value is -3.52. The van der Waals surface area contributed by atoms with Crippen LogP contribution in [-0.2, 0) is 21.2 Å². The highest BCUT2D eigenvalue weighted by molar-refractivity contribution is 7.92. The number of aryl methyl sites for hydroxylation is 1. The maximum Gasteiger partial charge on any atom is 0.264 e. The number of nitrogens with zero attached hydrogens (tertiary/aromatic N) is 1. The van der Waals surface area contributed by atoms with E-state index in [1.165, 1.54) is 19.2 Å². The van der Waals surface area contributed by atoms with E-state index < -0.39 is 10.0 Å². The predicted molar refractivity (Wildman–Crippen MR) is 138 cm³/mol. The van der Waals surface area contributed by atoms with Crippen LogP contribution in [0.25, 0.3) is 0 Å². The lowest BCUT2D eigenvalue weighted by Gasteiger charge is -2.24. The van der Waals surface area contributed by atoms with Crippen molar-refractivity contribution in [1.29, 1.82) is 0 Å². The highest BCUT2D eigenvalue weighted by Crippen LogP contribution is 2.26. The first-order valence-corrected chi connectivity index (χ1v) is 13.0. The third kappa shape index (κ3) is 7.48. The Labute approximate surface area is 207 Å². The molecule has 7 nitrogen and oxygen atoms in total. The second-order valence-electron chi connectivity index (χ2n) is 8.29. The fraction of sp³-hybridized carbons (Fsp3) is 0.296. The van der Waals surface area contributed by atoms with Gasteiger partial charge in [-0.3, -0.25) is 9.10 Å². The van der Waals surface area contributed by atoms with Gasteiger partial charge in [0.15, 0.2) is 0 Å². The van der Waals surface area contributed by atoms with Gasteiger partial charge in [-0.1, -0.05) is 36.4 Å². The van der Waals surface area contributed by atoms with Crippen LogP contribution in [0.15, 0.2) is 83.8 Å². The Morgan fingerprint density at radius 2 is 1.66 bits per heavy atom. The van der Waals surface area contributed by atoms with E-state index in [4.69, 9.17) is 9.47 Å². The average molecular weight is 497 g/mol. The lowest BCUT2D eigenvalue weighted by Crippen LogP contribution is -2.41. The molecular weight excluding hydrogens is 464 g/mol. The molecule has 0 fully saturated rings. The Morgan fingerprint density at radius 3 is 2.31 bits per heavy atom. The first-order valence-electron chi connectivity index (χ1n) is 11.5. The second-order valence-corrected chi connectivity index (χ2v) is 10.2. The first-order chi connectivity index (χ1) is 16.8. The molecule has 0 aliphatic rings. The summed E-state index contributed by atoms with van der Waals surface area (Å²) in [6.07, 6.45) is 1.63. The zero-order valence-electron chi connectivity index (χ0n) is 20.3. The predicted octanol–water partition coefficient (Wildman–Crippen LogP) is 4.43. The van der Waals surface area contributed by atoms with E-state index in [0.29, 0.717) is 18.0 Å². The maximum absolute atomic E-state index is 13.4. The molecule has 0 heterocycles.